The summed E-state index contributed by atoms with van der Waals surface area (Å²) in [6.07, 6.45) is 1.90. The van der Waals surface area contributed by atoms with Gasteiger partial charge in [0, 0.05) is 25.1 Å². The van der Waals surface area contributed by atoms with E-state index in [0.717, 1.165) is 55.1 Å². The molecule has 0 aliphatic rings. The summed E-state index contributed by atoms with van der Waals surface area (Å²) in [5.74, 6) is 2.00. The lowest BCUT2D eigenvalue weighted by molar-refractivity contribution is 0.313. The van der Waals surface area contributed by atoms with Crippen LogP contribution in [0.4, 0.5) is 0 Å². The molecule has 0 saturated carbocycles. The second-order valence-electron chi connectivity index (χ2n) is 5.58. The van der Waals surface area contributed by atoms with Gasteiger partial charge < -0.3 is 15.0 Å². The minimum absolute atomic E-state index is 0.760. The Morgan fingerprint density at radius 1 is 1.09 bits per heavy atom. The summed E-state index contributed by atoms with van der Waals surface area (Å²) in [7, 11) is 0. The normalized spacial score (nSPS) is 11.0. The molecule has 0 saturated heterocycles. The van der Waals surface area contributed by atoms with Crippen molar-refractivity contribution < 1.29 is 4.74 Å². The molecule has 1 heterocycles. The van der Waals surface area contributed by atoms with Gasteiger partial charge in [0.05, 0.1) is 17.6 Å². The average molecular weight is 309 g/mol. The monoisotopic (exact) mass is 309 g/mol. The molecule has 0 fully saturated rings. The first-order valence-corrected chi connectivity index (χ1v) is 8.22. The van der Waals surface area contributed by atoms with E-state index < -0.39 is 0 Å². The first-order valence-electron chi connectivity index (χ1n) is 8.22. The summed E-state index contributed by atoms with van der Waals surface area (Å²) in [4.78, 5) is 7.95. The molecule has 0 amide bonds. The standard InChI is InChI=1S/C19H23N3O/c1-2-13-23-18-10-6-3-7-15(18)14-20-12-11-19-21-16-8-4-5-9-17(16)22-19/h3-10,20H,2,11-14H2,1H3,(H,21,22). The molecule has 0 atom stereocenters. The number of rotatable bonds is 8. The molecule has 0 spiro atoms. The molecule has 3 aromatic rings. The molecule has 2 aromatic carbocycles. The van der Waals surface area contributed by atoms with E-state index in [9.17, 15) is 0 Å². The van der Waals surface area contributed by atoms with Crippen molar-refractivity contribution in [2.24, 2.45) is 0 Å². The van der Waals surface area contributed by atoms with Crippen LogP contribution in [0.25, 0.3) is 11.0 Å². The number of H-pyrrole nitrogens is 1. The van der Waals surface area contributed by atoms with Crippen molar-refractivity contribution in [1.82, 2.24) is 15.3 Å². The molecule has 3 rings (SSSR count). The Kier molecular flexibility index (Phi) is 5.27. The summed E-state index contributed by atoms with van der Waals surface area (Å²) in [6, 6.07) is 16.3. The summed E-state index contributed by atoms with van der Waals surface area (Å²) in [5.41, 5.74) is 3.33. The summed E-state index contributed by atoms with van der Waals surface area (Å²) in [5, 5.41) is 3.47. The molecular weight excluding hydrogens is 286 g/mol. The lowest BCUT2D eigenvalue weighted by Crippen LogP contribution is -2.17. The zero-order valence-corrected chi connectivity index (χ0v) is 13.5. The van der Waals surface area contributed by atoms with E-state index in [4.69, 9.17) is 4.74 Å². The van der Waals surface area contributed by atoms with E-state index in [1.54, 1.807) is 0 Å². The highest BCUT2D eigenvalue weighted by Crippen LogP contribution is 2.18. The van der Waals surface area contributed by atoms with Gasteiger partial charge in [-0.15, -0.1) is 0 Å². The number of aromatic nitrogens is 2. The van der Waals surface area contributed by atoms with Crippen LogP contribution >= 0.6 is 0 Å². The molecule has 23 heavy (non-hydrogen) atoms. The third-order valence-corrected chi connectivity index (χ3v) is 3.73. The molecular formula is C19H23N3O. The average Bonchev–Trinajstić information content (AvgIpc) is 3.00. The van der Waals surface area contributed by atoms with E-state index >= 15 is 0 Å². The Morgan fingerprint density at radius 3 is 2.78 bits per heavy atom. The second-order valence-corrected chi connectivity index (χ2v) is 5.58. The maximum absolute atomic E-state index is 5.78. The van der Waals surface area contributed by atoms with Crippen molar-refractivity contribution >= 4 is 11.0 Å². The Balaban J connectivity index is 1.51. The summed E-state index contributed by atoms with van der Waals surface area (Å²) >= 11 is 0. The van der Waals surface area contributed by atoms with Crippen molar-refractivity contribution in [3.05, 3.63) is 59.9 Å². The number of ether oxygens (including phenoxy) is 1. The Bertz CT molecular complexity index is 718. The molecule has 2 N–H and O–H groups in total. The largest absolute Gasteiger partial charge is 0.493 e. The van der Waals surface area contributed by atoms with Gasteiger partial charge in [0.2, 0.25) is 0 Å². The fourth-order valence-corrected chi connectivity index (χ4v) is 2.56. The molecule has 120 valence electrons. The van der Waals surface area contributed by atoms with Gasteiger partial charge in [-0.1, -0.05) is 37.3 Å². The fourth-order valence-electron chi connectivity index (χ4n) is 2.56. The smallest absolute Gasteiger partial charge is 0.123 e. The molecule has 4 heteroatoms. The van der Waals surface area contributed by atoms with Gasteiger partial charge >= 0.3 is 0 Å². The molecule has 0 radical (unpaired) electrons. The van der Waals surface area contributed by atoms with Crippen molar-refractivity contribution in [3.63, 3.8) is 0 Å². The van der Waals surface area contributed by atoms with Crippen LogP contribution in [0.15, 0.2) is 48.5 Å². The van der Waals surface area contributed by atoms with E-state index in [1.807, 2.05) is 30.3 Å². The maximum atomic E-state index is 5.78. The first kappa shape index (κ1) is 15.6. The molecule has 0 unspecified atom stereocenters. The van der Waals surface area contributed by atoms with Gasteiger partial charge in [0.1, 0.15) is 11.6 Å². The van der Waals surface area contributed by atoms with Gasteiger partial charge in [-0.25, -0.2) is 4.98 Å². The van der Waals surface area contributed by atoms with Crippen molar-refractivity contribution in [1.29, 1.82) is 0 Å². The van der Waals surface area contributed by atoms with Crippen LogP contribution in [0.3, 0.4) is 0 Å². The van der Waals surface area contributed by atoms with Gasteiger partial charge in [0.25, 0.3) is 0 Å². The van der Waals surface area contributed by atoms with E-state index in [-0.39, 0.29) is 0 Å². The van der Waals surface area contributed by atoms with Crippen LogP contribution in [0.1, 0.15) is 24.7 Å². The fraction of sp³-hybridized carbons (Fsp3) is 0.316. The number of nitrogens with zero attached hydrogens (tertiary/aromatic N) is 1. The lowest BCUT2D eigenvalue weighted by Gasteiger charge is -2.11. The Hall–Kier alpha value is -2.33. The third kappa shape index (κ3) is 4.11. The van der Waals surface area contributed by atoms with Crippen LogP contribution in [-0.2, 0) is 13.0 Å². The predicted octanol–water partition coefficient (Wildman–Crippen LogP) is 3.68. The number of para-hydroxylation sites is 3. The number of hydrogen-bond donors (Lipinski definition) is 2. The van der Waals surface area contributed by atoms with Crippen LogP contribution in [0.2, 0.25) is 0 Å². The number of fused-ring (bicyclic) bond motifs is 1. The minimum atomic E-state index is 0.760. The van der Waals surface area contributed by atoms with E-state index in [2.05, 4.69) is 40.4 Å². The highest BCUT2D eigenvalue weighted by Gasteiger charge is 2.04. The van der Waals surface area contributed by atoms with Gasteiger partial charge in [-0.05, 0) is 24.6 Å². The zero-order chi connectivity index (χ0) is 15.9. The van der Waals surface area contributed by atoms with Crippen LogP contribution < -0.4 is 10.1 Å². The maximum Gasteiger partial charge on any atom is 0.123 e. The van der Waals surface area contributed by atoms with Gasteiger partial charge in [-0.3, -0.25) is 0 Å². The Morgan fingerprint density at radius 2 is 1.91 bits per heavy atom. The quantitative estimate of drug-likeness (QED) is 0.624. The number of aromatic amines is 1. The Labute approximate surface area is 136 Å². The number of hydrogen-bond acceptors (Lipinski definition) is 3. The highest BCUT2D eigenvalue weighted by molar-refractivity contribution is 5.74. The predicted molar refractivity (Wildman–Crippen MR) is 93.7 cm³/mol. The van der Waals surface area contributed by atoms with Crippen LogP contribution in [-0.4, -0.2) is 23.1 Å². The zero-order valence-electron chi connectivity index (χ0n) is 13.5. The van der Waals surface area contributed by atoms with Crippen LogP contribution in [0.5, 0.6) is 5.75 Å². The molecule has 0 aliphatic heterocycles. The third-order valence-electron chi connectivity index (χ3n) is 3.73. The highest BCUT2D eigenvalue weighted by atomic mass is 16.5. The molecule has 4 nitrogen and oxygen atoms in total. The summed E-state index contributed by atoms with van der Waals surface area (Å²) < 4.78 is 5.78. The van der Waals surface area contributed by atoms with E-state index in [1.165, 1.54) is 5.56 Å². The summed E-state index contributed by atoms with van der Waals surface area (Å²) in [6.45, 7) is 4.56. The second kappa shape index (κ2) is 7.79. The molecule has 0 aliphatic carbocycles. The molecule has 0 bridgehead atoms. The minimum Gasteiger partial charge on any atom is -0.493 e. The SMILES string of the molecule is CCCOc1ccccc1CNCCc1nc2ccccc2[nH]1. The first-order chi connectivity index (χ1) is 11.4. The number of imidazole rings is 1. The number of nitrogens with one attached hydrogen (secondary N) is 2. The molecule has 1 aromatic heterocycles. The number of benzene rings is 2. The van der Waals surface area contributed by atoms with Gasteiger partial charge in [-0.2, -0.15) is 0 Å². The van der Waals surface area contributed by atoms with E-state index in [0.29, 0.717) is 0 Å². The van der Waals surface area contributed by atoms with Gasteiger partial charge in [0.15, 0.2) is 0 Å². The van der Waals surface area contributed by atoms with Crippen molar-refractivity contribution in [2.45, 2.75) is 26.3 Å². The van der Waals surface area contributed by atoms with Crippen LogP contribution in [0, 0.1) is 0 Å². The lowest BCUT2D eigenvalue weighted by atomic mass is 10.2. The van der Waals surface area contributed by atoms with Crippen molar-refractivity contribution in [3.8, 4) is 5.75 Å². The van der Waals surface area contributed by atoms with Crippen molar-refractivity contribution in [2.75, 3.05) is 13.2 Å². The topological polar surface area (TPSA) is 49.9 Å².